The molecule has 0 aliphatic rings. The maximum Gasteiger partial charge on any atom is 0.362 e. The highest BCUT2D eigenvalue weighted by molar-refractivity contribution is 5.71. The number of carboxylic acids is 1. The lowest BCUT2D eigenvalue weighted by molar-refractivity contribution is -0.855. The van der Waals surface area contributed by atoms with Gasteiger partial charge in [-0.25, -0.2) is 4.79 Å². The van der Waals surface area contributed by atoms with Crippen LogP contribution in [0, 0.1) is 0 Å². The van der Waals surface area contributed by atoms with Gasteiger partial charge in [-0.3, -0.25) is 4.48 Å². The summed E-state index contributed by atoms with van der Waals surface area (Å²) in [5.74, 6) is -0.566. The van der Waals surface area contributed by atoms with E-state index in [0.717, 1.165) is 12.8 Å². The van der Waals surface area contributed by atoms with E-state index >= 15 is 0 Å². The molecule has 0 fully saturated rings. The van der Waals surface area contributed by atoms with Crippen LogP contribution in [-0.2, 0) is 4.79 Å². The molecule has 0 aromatic heterocycles. The Morgan fingerprint density at radius 1 is 1.24 bits per heavy atom. The van der Waals surface area contributed by atoms with E-state index in [9.17, 15) is 9.90 Å². The summed E-state index contributed by atoms with van der Waals surface area (Å²) in [6.45, 7) is 3.79. The van der Waals surface area contributed by atoms with E-state index in [1.165, 1.54) is 12.8 Å². The van der Waals surface area contributed by atoms with E-state index in [0.29, 0.717) is 12.2 Å². The smallest absolute Gasteiger partial charge is 0.362 e. The van der Waals surface area contributed by atoms with Crippen molar-refractivity contribution < 1.29 is 19.5 Å². The average molecular weight is 244 g/mol. The number of rotatable bonds is 8. The van der Waals surface area contributed by atoms with Gasteiger partial charge in [0, 0.05) is 6.42 Å². The minimum Gasteiger partial charge on any atom is -0.507 e. The Kier molecular flexibility index (Phi) is 6.88. The highest BCUT2D eigenvalue weighted by Gasteiger charge is 2.29. The molecule has 2 N–H and O–H groups in total. The zero-order chi connectivity index (χ0) is 13.5. The summed E-state index contributed by atoms with van der Waals surface area (Å²) in [4.78, 5) is 10.9. The van der Waals surface area contributed by atoms with E-state index in [4.69, 9.17) is 5.11 Å². The quantitative estimate of drug-likeness (QED) is 0.392. The summed E-state index contributed by atoms with van der Waals surface area (Å²) >= 11 is 0. The first-order valence-electron chi connectivity index (χ1n) is 6.28. The van der Waals surface area contributed by atoms with Crippen LogP contribution >= 0.6 is 0 Å². The molecule has 100 valence electrons. The molecule has 0 radical (unpaired) electrons. The molecule has 0 aliphatic heterocycles. The normalized spacial score (nSPS) is 14.7. The molecule has 0 amide bonds. The standard InChI is InChI=1S/C13H25NO3/c1-5-6-7-8-9-12(15)10-14(3,4)11(2)13(16)17/h10-11H,5-9H2,1-4H3,(H-,15,16,17)/p+1/b12-10-. The molecule has 0 rings (SSSR count). The van der Waals surface area contributed by atoms with Gasteiger partial charge in [-0.05, 0) is 13.3 Å². The van der Waals surface area contributed by atoms with Crippen molar-refractivity contribution >= 4 is 5.97 Å². The van der Waals surface area contributed by atoms with Crippen molar-refractivity contribution in [2.24, 2.45) is 0 Å². The molecule has 0 aromatic carbocycles. The predicted molar refractivity (Wildman–Crippen MR) is 68.7 cm³/mol. The van der Waals surface area contributed by atoms with Crippen LogP contribution in [0.25, 0.3) is 0 Å². The van der Waals surface area contributed by atoms with Gasteiger partial charge in [0.1, 0.15) is 12.0 Å². The minimum absolute atomic E-state index is 0.162. The number of aliphatic carboxylic acids is 1. The van der Waals surface area contributed by atoms with Crippen molar-refractivity contribution in [3.63, 3.8) is 0 Å². The second kappa shape index (κ2) is 7.33. The number of allylic oxidation sites excluding steroid dienone is 1. The van der Waals surface area contributed by atoms with Gasteiger partial charge in [-0.2, -0.15) is 0 Å². The number of aliphatic hydroxyl groups excluding tert-OH is 1. The lowest BCUT2D eigenvalue weighted by Gasteiger charge is -2.29. The molecule has 0 spiro atoms. The number of nitrogens with zero attached hydrogens (tertiary/aromatic N) is 1. The molecular formula is C13H26NO3+. The Balaban J connectivity index is 4.29. The molecular weight excluding hydrogens is 218 g/mol. The zero-order valence-electron chi connectivity index (χ0n) is 11.4. The first kappa shape index (κ1) is 16.0. The Morgan fingerprint density at radius 2 is 1.82 bits per heavy atom. The number of hydrogen-bond donors (Lipinski definition) is 2. The summed E-state index contributed by atoms with van der Waals surface area (Å²) in [6.07, 6.45) is 6.67. The highest BCUT2D eigenvalue weighted by Crippen LogP contribution is 2.14. The van der Waals surface area contributed by atoms with Gasteiger partial charge in [-0.1, -0.05) is 26.2 Å². The average Bonchev–Trinajstić information content (AvgIpc) is 2.22. The number of unbranched alkanes of at least 4 members (excludes halogenated alkanes) is 3. The molecule has 4 heteroatoms. The number of quaternary nitrogens is 1. The third kappa shape index (κ3) is 6.31. The van der Waals surface area contributed by atoms with Gasteiger partial charge in [0.05, 0.1) is 14.1 Å². The van der Waals surface area contributed by atoms with Crippen LogP contribution in [0.4, 0.5) is 0 Å². The minimum atomic E-state index is -0.856. The van der Waals surface area contributed by atoms with E-state index in [2.05, 4.69) is 6.92 Å². The molecule has 1 unspecified atom stereocenters. The van der Waals surface area contributed by atoms with Gasteiger partial charge in [0.2, 0.25) is 0 Å². The van der Waals surface area contributed by atoms with Crippen LogP contribution in [0.3, 0.4) is 0 Å². The molecule has 1 atom stereocenters. The lowest BCUT2D eigenvalue weighted by Crippen LogP contribution is -2.47. The first-order valence-corrected chi connectivity index (χ1v) is 6.28. The predicted octanol–water partition coefficient (Wildman–Crippen LogP) is 2.91. The van der Waals surface area contributed by atoms with Crippen LogP contribution in [0.5, 0.6) is 0 Å². The summed E-state index contributed by atoms with van der Waals surface area (Å²) < 4.78 is 0.162. The topological polar surface area (TPSA) is 57.5 Å². The van der Waals surface area contributed by atoms with E-state index < -0.39 is 12.0 Å². The Morgan fingerprint density at radius 3 is 2.29 bits per heavy atom. The second-order valence-corrected chi connectivity index (χ2v) is 5.07. The molecule has 0 saturated carbocycles. The fourth-order valence-electron chi connectivity index (χ4n) is 1.58. The molecule has 0 saturated heterocycles. The van der Waals surface area contributed by atoms with E-state index in [1.807, 2.05) is 0 Å². The van der Waals surface area contributed by atoms with E-state index in [1.54, 1.807) is 27.2 Å². The summed E-state index contributed by atoms with van der Waals surface area (Å²) in [5.41, 5.74) is 0. The third-order valence-corrected chi connectivity index (χ3v) is 3.12. The Bertz CT molecular complexity index is 272. The maximum atomic E-state index is 10.9. The molecule has 0 bridgehead atoms. The number of likely N-dealkylation sites (N-methyl/N-ethyl adjacent to an activating group) is 1. The molecule has 17 heavy (non-hydrogen) atoms. The summed E-state index contributed by atoms with van der Waals surface area (Å²) in [5, 5.41) is 18.7. The summed E-state index contributed by atoms with van der Waals surface area (Å²) in [6, 6.07) is -0.562. The Hall–Kier alpha value is -1.03. The Labute approximate surface area is 104 Å². The van der Waals surface area contributed by atoms with Crippen molar-refractivity contribution in [2.45, 2.75) is 52.0 Å². The van der Waals surface area contributed by atoms with Crippen molar-refractivity contribution in [2.75, 3.05) is 14.1 Å². The molecule has 0 heterocycles. The first-order chi connectivity index (χ1) is 7.81. The molecule has 4 nitrogen and oxygen atoms in total. The number of hydrogen-bond acceptors (Lipinski definition) is 2. The lowest BCUT2D eigenvalue weighted by atomic mass is 10.1. The van der Waals surface area contributed by atoms with Crippen molar-refractivity contribution in [3.8, 4) is 0 Å². The second-order valence-electron chi connectivity index (χ2n) is 5.07. The van der Waals surface area contributed by atoms with Crippen molar-refractivity contribution in [1.82, 2.24) is 0 Å². The van der Waals surface area contributed by atoms with E-state index in [-0.39, 0.29) is 4.48 Å². The van der Waals surface area contributed by atoms with Crippen molar-refractivity contribution in [3.05, 3.63) is 12.0 Å². The van der Waals surface area contributed by atoms with Crippen LogP contribution < -0.4 is 0 Å². The van der Waals surface area contributed by atoms with Crippen LogP contribution in [-0.4, -0.2) is 40.8 Å². The fraction of sp³-hybridized carbons (Fsp3) is 0.769. The maximum absolute atomic E-state index is 10.9. The van der Waals surface area contributed by atoms with Crippen LogP contribution in [0.2, 0.25) is 0 Å². The van der Waals surface area contributed by atoms with Gasteiger partial charge in [0.25, 0.3) is 0 Å². The SMILES string of the molecule is CCCCCC/C(O)=C/[N+](C)(C)C(C)C(=O)O. The zero-order valence-corrected chi connectivity index (χ0v) is 11.4. The monoisotopic (exact) mass is 244 g/mol. The molecule has 0 aromatic rings. The van der Waals surface area contributed by atoms with Crippen LogP contribution in [0.15, 0.2) is 12.0 Å². The van der Waals surface area contributed by atoms with Crippen molar-refractivity contribution in [1.29, 1.82) is 0 Å². The van der Waals surface area contributed by atoms with Gasteiger partial charge in [0.15, 0.2) is 6.04 Å². The van der Waals surface area contributed by atoms with Crippen LogP contribution in [0.1, 0.15) is 46.0 Å². The van der Waals surface area contributed by atoms with Gasteiger partial charge >= 0.3 is 5.97 Å². The largest absolute Gasteiger partial charge is 0.507 e. The third-order valence-electron chi connectivity index (χ3n) is 3.12. The highest BCUT2D eigenvalue weighted by atomic mass is 16.4. The van der Waals surface area contributed by atoms with Gasteiger partial charge in [-0.15, -0.1) is 0 Å². The summed E-state index contributed by atoms with van der Waals surface area (Å²) in [7, 11) is 3.56. The fourth-order valence-corrected chi connectivity index (χ4v) is 1.58. The molecule has 0 aliphatic carbocycles. The number of carbonyl (C=O) groups is 1. The number of aliphatic hydroxyl groups is 1. The van der Waals surface area contributed by atoms with Gasteiger partial charge < -0.3 is 10.2 Å². The number of carboxylic acid groups (broad SMARTS) is 1.